The van der Waals surface area contributed by atoms with Crippen molar-refractivity contribution in [3.05, 3.63) is 0 Å². The van der Waals surface area contributed by atoms with Gasteiger partial charge in [-0.05, 0) is 31.1 Å². The molecule has 0 aliphatic heterocycles. The molecule has 2 heteroatoms. The van der Waals surface area contributed by atoms with Crippen LogP contribution in [0, 0.1) is 11.8 Å². The van der Waals surface area contributed by atoms with Crippen LogP contribution < -0.4 is 0 Å². The van der Waals surface area contributed by atoms with E-state index in [4.69, 9.17) is 0 Å². The predicted octanol–water partition coefficient (Wildman–Crippen LogP) is 3.22. The van der Waals surface area contributed by atoms with Crippen LogP contribution in [0.25, 0.3) is 0 Å². The summed E-state index contributed by atoms with van der Waals surface area (Å²) in [6, 6.07) is 0. The lowest BCUT2D eigenvalue weighted by Crippen LogP contribution is -2.18. The van der Waals surface area contributed by atoms with Crippen molar-refractivity contribution in [2.45, 2.75) is 44.4 Å². The van der Waals surface area contributed by atoms with Gasteiger partial charge in [-0.2, -0.15) is 0 Å². The molecule has 2 atom stereocenters. The minimum Gasteiger partial charge on any atom is -0.207 e. The van der Waals surface area contributed by atoms with E-state index in [0.29, 0.717) is 11.8 Å². The second-order valence-electron chi connectivity index (χ2n) is 4.14. The molecule has 0 radical (unpaired) electrons. The molecule has 2 aliphatic rings. The molecule has 2 unspecified atom stereocenters. The maximum absolute atomic E-state index is 12.9. The van der Waals surface area contributed by atoms with Crippen LogP contribution in [0.5, 0.6) is 0 Å². The van der Waals surface area contributed by atoms with Crippen LogP contribution >= 0.6 is 0 Å². The molecule has 0 aromatic heterocycles. The molecule has 2 fully saturated rings. The molecule has 0 nitrogen and oxygen atoms in total. The van der Waals surface area contributed by atoms with E-state index in [-0.39, 0.29) is 12.8 Å². The highest BCUT2D eigenvalue weighted by Gasteiger charge is 2.40. The van der Waals surface area contributed by atoms with E-state index < -0.39 is 5.92 Å². The molecule has 0 aromatic carbocycles. The third-order valence-electron chi connectivity index (χ3n) is 3.16. The summed E-state index contributed by atoms with van der Waals surface area (Å²) in [6.45, 7) is 0. The zero-order chi connectivity index (χ0) is 7.90. The molecule has 0 N–H and O–H groups in total. The van der Waals surface area contributed by atoms with Crippen LogP contribution in [0.4, 0.5) is 8.78 Å². The Morgan fingerprint density at radius 3 is 2.55 bits per heavy atom. The van der Waals surface area contributed by atoms with Crippen molar-refractivity contribution in [3.63, 3.8) is 0 Å². The predicted molar refractivity (Wildman–Crippen MR) is 39.6 cm³/mol. The van der Waals surface area contributed by atoms with Gasteiger partial charge in [-0.3, -0.25) is 0 Å². The summed E-state index contributed by atoms with van der Waals surface area (Å²) >= 11 is 0. The van der Waals surface area contributed by atoms with E-state index >= 15 is 0 Å². The van der Waals surface area contributed by atoms with Gasteiger partial charge in [-0.25, -0.2) is 8.78 Å². The lowest BCUT2D eigenvalue weighted by Gasteiger charge is -2.18. The number of halogens is 2. The second kappa shape index (κ2) is 2.43. The highest BCUT2D eigenvalue weighted by molar-refractivity contribution is 4.85. The zero-order valence-corrected chi connectivity index (χ0v) is 6.65. The smallest absolute Gasteiger partial charge is 0.207 e. The minimum absolute atomic E-state index is 0.147. The number of rotatable bonds is 0. The van der Waals surface area contributed by atoms with Gasteiger partial charge in [-0.1, -0.05) is 6.42 Å². The van der Waals surface area contributed by atoms with Gasteiger partial charge >= 0.3 is 0 Å². The summed E-state index contributed by atoms with van der Waals surface area (Å²) < 4.78 is 25.8. The monoisotopic (exact) mass is 160 g/mol. The van der Waals surface area contributed by atoms with Crippen molar-refractivity contribution in [2.75, 3.05) is 0 Å². The highest BCUT2D eigenvalue weighted by Crippen LogP contribution is 2.45. The maximum atomic E-state index is 12.9. The van der Waals surface area contributed by atoms with Crippen LogP contribution in [0.3, 0.4) is 0 Å². The molecule has 2 aliphatic carbocycles. The van der Waals surface area contributed by atoms with E-state index in [1.54, 1.807) is 0 Å². The molecule has 0 saturated heterocycles. The Morgan fingerprint density at radius 2 is 1.73 bits per heavy atom. The van der Waals surface area contributed by atoms with Crippen molar-refractivity contribution < 1.29 is 8.78 Å². The molecular weight excluding hydrogens is 146 g/mol. The number of alkyl halides is 2. The fourth-order valence-corrected chi connectivity index (χ4v) is 2.57. The van der Waals surface area contributed by atoms with Gasteiger partial charge in [-0.15, -0.1) is 0 Å². The molecule has 2 rings (SSSR count). The Labute approximate surface area is 66.0 Å². The van der Waals surface area contributed by atoms with Gasteiger partial charge in [0.05, 0.1) is 0 Å². The lowest BCUT2D eigenvalue weighted by molar-refractivity contribution is -0.0285. The summed E-state index contributed by atoms with van der Waals surface area (Å²) in [5.41, 5.74) is 0. The SMILES string of the molecule is FC1(F)CCC2CCC(C2)C1. The fraction of sp³-hybridized carbons (Fsp3) is 1.00. The van der Waals surface area contributed by atoms with Gasteiger partial charge in [0.2, 0.25) is 5.92 Å². The Balaban J connectivity index is 2.05. The molecule has 0 aromatic rings. The standard InChI is InChI=1S/C9H14F2/c10-9(11)4-3-7-1-2-8(5-7)6-9/h7-8H,1-6H2. The largest absolute Gasteiger partial charge is 0.248 e. The summed E-state index contributed by atoms with van der Waals surface area (Å²) in [6.07, 6.45) is 4.43. The number of fused-ring (bicyclic) bond motifs is 2. The molecule has 2 bridgehead atoms. The molecule has 2 saturated carbocycles. The van der Waals surface area contributed by atoms with Gasteiger partial charge in [0.25, 0.3) is 0 Å². The van der Waals surface area contributed by atoms with Crippen molar-refractivity contribution in [2.24, 2.45) is 11.8 Å². The lowest BCUT2D eigenvalue weighted by atomic mass is 9.98. The summed E-state index contributed by atoms with van der Waals surface area (Å²) in [7, 11) is 0. The third-order valence-corrected chi connectivity index (χ3v) is 3.16. The first-order valence-corrected chi connectivity index (χ1v) is 4.53. The Hall–Kier alpha value is -0.140. The zero-order valence-electron chi connectivity index (χ0n) is 6.65. The van der Waals surface area contributed by atoms with Crippen LogP contribution in [-0.4, -0.2) is 5.92 Å². The summed E-state index contributed by atoms with van der Waals surface area (Å²) in [5, 5.41) is 0. The normalized spacial score (nSPS) is 42.0. The molecule has 0 spiro atoms. The molecule has 64 valence electrons. The van der Waals surface area contributed by atoms with Crippen molar-refractivity contribution in [1.29, 1.82) is 0 Å². The van der Waals surface area contributed by atoms with Crippen molar-refractivity contribution >= 4 is 0 Å². The summed E-state index contributed by atoms with van der Waals surface area (Å²) in [5.74, 6) is -1.36. The summed E-state index contributed by atoms with van der Waals surface area (Å²) in [4.78, 5) is 0. The number of hydrogen-bond acceptors (Lipinski definition) is 0. The quantitative estimate of drug-likeness (QED) is 0.510. The Bertz CT molecular complexity index is 154. The first kappa shape index (κ1) is 7.51. The van der Waals surface area contributed by atoms with Crippen molar-refractivity contribution in [1.82, 2.24) is 0 Å². The highest BCUT2D eigenvalue weighted by atomic mass is 19.3. The minimum atomic E-state index is -2.33. The molecular formula is C9H14F2. The Morgan fingerprint density at radius 1 is 1.00 bits per heavy atom. The second-order valence-corrected chi connectivity index (χ2v) is 4.14. The first-order chi connectivity index (χ1) is 5.16. The fourth-order valence-electron chi connectivity index (χ4n) is 2.57. The van der Waals surface area contributed by atoms with E-state index in [1.807, 2.05) is 0 Å². The van der Waals surface area contributed by atoms with E-state index in [0.717, 1.165) is 19.3 Å². The van der Waals surface area contributed by atoms with E-state index in [9.17, 15) is 8.78 Å². The first-order valence-electron chi connectivity index (χ1n) is 4.53. The van der Waals surface area contributed by atoms with Crippen molar-refractivity contribution in [3.8, 4) is 0 Å². The van der Waals surface area contributed by atoms with Gasteiger partial charge in [0, 0.05) is 12.8 Å². The van der Waals surface area contributed by atoms with E-state index in [2.05, 4.69) is 0 Å². The van der Waals surface area contributed by atoms with Gasteiger partial charge in [0.1, 0.15) is 0 Å². The van der Waals surface area contributed by atoms with Gasteiger partial charge < -0.3 is 0 Å². The van der Waals surface area contributed by atoms with Crippen LogP contribution in [-0.2, 0) is 0 Å². The maximum Gasteiger partial charge on any atom is 0.248 e. The molecule has 0 heterocycles. The van der Waals surface area contributed by atoms with Crippen LogP contribution in [0.2, 0.25) is 0 Å². The van der Waals surface area contributed by atoms with Crippen LogP contribution in [0.1, 0.15) is 38.5 Å². The average molecular weight is 160 g/mol. The van der Waals surface area contributed by atoms with E-state index in [1.165, 1.54) is 6.42 Å². The van der Waals surface area contributed by atoms with Gasteiger partial charge in [0.15, 0.2) is 0 Å². The van der Waals surface area contributed by atoms with Crippen LogP contribution in [0.15, 0.2) is 0 Å². The third kappa shape index (κ3) is 1.54. The topological polar surface area (TPSA) is 0 Å². The Kier molecular flexibility index (Phi) is 1.66. The number of hydrogen-bond donors (Lipinski definition) is 0. The molecule has 0 amide bonds. The molecule has 11 heavy (non-hydrogen) atoms. The average Bonchev–Trinajstić information content (AvgIpc) is 2.24.